The van der Waals surface area contributed by atoms with Gasteiger partial charge in [-0.15, -0.1) is 11.8 Å². The van der Waals surface area contributed by atoms with Crippen molar-refractivity contribution in [3.05, 3.63) is 29.8 Å². The quantitative estimate of drug-likeness (QED) is 0.533. The van der Waals surface area contributed by atoms with Gasteiger partial charge in [-0.05, 0) is 56.7 Å². The zero-order valence-electron chi connectivity index (χ0n) is 12.9. The lowest BCUT2D eigenvalue weighted by atomic mass is 9.89. The molecule has 0 atom stereocenters. The van der Waals surface area contributed by atoms with Crippen LogP contribution in [0.25, 0.3) is 0 Å². The summed E-state index contributed by atoms with van der Waals surface area (Å²) < 4.78 is 0. The van der Waals surface area contributed by atoms with Crippen molar-refractivity contribution in [2.24, 2.45) is 5.41 Å². The number of thioether (sulfide) groups is 1. The SMILES string of the molecule is CCNCc1ccc(SCCCCC(C)(C)C#N)cc1. The maximum Gasteiger partial charge on any atom is 0.0683 e. The van der Waals surface area contributed by atoms with Gasteiger partial charge in [-0.2, -0.15) is 5.26 Å². The Morgan fingerprint density at radius 3 is 2.50 bits per heavy atom. The Labute approximate surface area is 128 Å². The van der Waals surface area contributed by atoms with Crippen LogP contribution in [0.2, 0.25) is 0 Å². The maximum absolute atomic E-state index is 8.96. The second-order valence-corrected chi connectivity index (χ2v) is 6.89. The Morgan fingerprint density at radius 1 is 1.20 bits per heavy atom. The number of nitrogens with zero attached hydrogens (tertiary/aromatic N) is 1. The minimum atomic E-state index is -0.168. The van der Waals surface area contributed by atoms with Crippen LogP contribution in [0, 0.1) is 16.7 Å². The van der Waals surface area contributed by atoms with Crippen LogP contribution in [0.4, 0.5) is 0 Å². The molecule has 1 rings (SSSR count). The molecule has 0 aromatic heterocycles. The molecule has 110 valence electrons. The van der Waals surface area contributed by atoms with Crippen molar-refractivity contribution in [3.63, 3.8) is 0 Å². The summed E-state index contributed by atoms with van der Waals surface area (Å²) >= 11 is 1.91. The number of rotatable bonds is 9. The average molecular weight is 290 g/mol. The van der Waals surface area contributed by atoms with Crippen molar-refractivity contribution in [2.75, 3.05) is 12.3 Å². The molecular formula is C17H26N2S. The molecule has 3 heteroatoms. The number of unbranched alkanes of at least 4 members (excludes halogenated alkanes) is 1. The van der Waals surface area contributed by atoms with Crippen molar-refractivity contribution in [1.82, 2.24) is 5.32 Å². The van der Waals surface area contributed by atoms with Gasteiger partial charge in [0.05, 0.1) is 11.5 Å². The lowest BCUT2D eigenvalue weighted by molar-refractivity contribution is 0.433. The Bertz CT molecular complexity index is 418. The summed E-state index contributed by atoms with van der Waals surface area (Å²) in [5.41, 5.74) is 1.17. The van der Waals surface area contributed by atoms with Crippen LogP contribution in [-0.2, 0) is 6.54 Å². The summed E-state index contributed by atoms with van der Waals surface area (Å²) in [4.78, 5) is 1.34. The fourth-order valence-corrected chi connectivity index (χ4v) is 2.80. The predicted molar refractivity (Wildman–Crippen MR) is 87.8 cm³/mol. The van der Waals surface area contributed by atoms with E-state index in [-0.39, 0.29) is 5.41 Å². The summed E-state index contributed by atoms with van der Waals surface area (Å²) in [5.74, 6) is 1.13. The summed E-state index contributed by atoms with van der Waals surface area (Å²) in [5, 5.41) is 12.3. The monoisotopic (exact) mass is 290 g/mol. The second-order valence-electron chi connectivity index (χ2n) is 5.73. The largest absolute Gasteiger partial charge is 0.313 e. The van der Waals surface area contributed by atoms with Crippen LogP contribution in [0.5, 0.6) is 0 Å². The number of hydrogen-bond acceptors (Lipinski definition) is 3. The van der Waals surface area contributed by atoms with E-state index in [1.54, 1.807) is 0 Å². The molecule has 0 saturated heterocycles. The smallest absolute Gasteiger partial charge is 0.0683 e. The third-order valence-electron chi connectivity index (χ3n) is 3.27. The first-order valence-corrected chi connectivity index (χ1v) is 8.39. The molecule has 0 heterocycles. The summed E-state index contributed by atoms with van der Waals surface area (Å²) in [6.07, 6.45) is 3.30. The van der Waals surface area contributed by atoms with Gasteiger partial charge in [0.25, 0.3) is 0 Å². The highest BCUT2D eigenvalue weighted by Gasteiger charge is 2.15. The molecule has 0 aliphatic heterocycles. The zero-order valence-corrected chi connectivity index (χ0v) is 13.7. The maximum atomic E-state index is 8.96. The van der Waals surface area contributed by atoms with Gasteiger partial charge in [-0.1, -0.05) is 25.5 Å². The number of nitriles is 1. The molecule has 1 aromatic carbocycles. The molecule has 0 bridgehead atoms. The molecule has 0 saturated carbocycles. The van der Waals surface area contributed by atoms with E-state index >= 15 is 0 Å². The number of hydrogen-bond donors (Lipinski definition) is 1. The first-order valence-electron chi connectivity index (χ1n) is 7.41. The van der Waals surface area contributed by atoms with Gasteiger partial charge in [0.1, 0.15) is 0 Å². The summed E-state index contributed by atoms with van der Waals surface area (Å²) in [6, 6.07) is 11.2. The minimum Gasteiger partial charge on any atom is -0.313 e. The standard InChI is InChI=1S/C17H26N2S/c1-4-19-13-15-7-9-16(10-8-15)20-12-6-5-11-17(2,3)14-18/h7-10,19H,4-6,11-13H2,1-3H3. The Balaban J connectivity index is 2.21. The van der Waals surface area contributed by atoms with E-state index in [2.05, 4.69) is 42.6 Å². The van der Waals surface area contributed by atoms with E-state index in [1.165, 1.54) is 16.9 Å². The third-order valence-corrected chi connectivity index (χ3v) is 4.37. The Morgan fingerprint density at radius 2 is 1.90 bits per heavy atom. The first-order chi connectivity index (χ1) is 9.57. The summed E-state index contributed by atoms with van der Waals surface area (Å²) in [6.45, 7) is 8.12. The molecule has 0 aliphatic carbocycles. The van der Waals surface area contributed by atoms with Crippen molar-refractivity contribution in [1.29, 1.82) is 5.26 Å². The van der Waals surface area contributed by atoms with E-state index in [1.807, 2.05) is 25.6 Å². The van der Waals surface area contributed by atoms with Gasteiger partial charge >= 0.3 is 0 Å². The van der Waals surface area contributed by atoms with Crippen LogP contribution in [0.3, 0.4) is 0 Å². The molecule has 1 N–H and O–H groups in total. The molecule has 0 amide bonds. The van der Waals surface area contributed by atoms with E-state index < -0.39 is 0 Å². The van der Waals surface area contributed by atoms with Gasteiger partial charge in [0.15, 0.2) is 0 Å². The Kier molecular flexibility index (Phi) is 7.72. The fraction of sp³-hybridized carbons (Fsp3) is 0.588. The van der Waals surface area contributed by atoms with E-state index in [9.17, 15) is 0 Å². The molecule has 0 unspecified atom stereocenters. The van der Waals surface area contributed by atoms with Gasteiger partial charge < -0.3 is 5.32 Å². The second kappa shape index (κ2) is 9.05. The van der Waals surface area contributed by atoms with Crippen LogP contribution in [0.15, 0.2) is 29.2 Å². The van der Waals surface area contributed by atoms with Gasteiger partial charge in [0, 0.05) is 11.4 Å². The highest BCUT2D eigenvalue weighted by molar-refractivity contribution is 7.99. The molecule has 0 spiro atoms. The molecule has 2 nitrogen and oxygen atoms in total. The normalized spacial score (nSPS) is 11.3. The van der Waals surface area contributed by atoms with Crippen molar-refractivity contribution in [2.45, 2.75) is 51.5 Å². The first kappa shape index (κ1) is 17.1. The molecule has 0 fully saturated rings. The van der Waals surface area contributed by atoms with Gasteiger partial charge in [-0.25, -0.2) is 0 Å². The zero-order chi connectivity index (χ0) is 14.8. The van der Waals surface area contributed by atoms with Gasteiger partial charge in [0.2, 0.25) is 0 Å². The molecule has 20 heavy (non-hydrogen) atoms. The fourth-order valence-electron chi connectivity index (χ4n) is 1.89. The summed E-state index contributed by atoms with van der Waals surface area (Å²) in [7, 11) is 0. The average Bonchev–Trinajstić information content (AvgIpc) is 2.46. The molecule has 0 radical (unpaired) electrons. The highest BCUT2D eigenvalue weighted by Crippen LogP contribution is 2.24. The van der Waals surface area contributed by atoms with Crippen molar-refractivity contribution < 1.29 is 0 Å². The highest BCUT2D eigenvalue weighted by atomic mass is 32.2. The third kappa shape index (κ3) is 6.98. The number of benzene rings is 1. The van der Waals surface area contributed by atoms with E-state index in [0.717, 1.165) is 31.7 Å². The van der Waals surface area contributed by atoms with Crippen LogP contribution >= 0.6 is 11.8 Å². The lowest BCUT2D eigenvalue weighted by Crippen LogP contribution is -2.11. The van der Waals surface area contributed by atoms with Crippen LogP contribution in [0.1, 0.15) is 45.6 Å². The number of nitrogens with one attached hydrogen (secondary N) is 1. The van der Waals surface area contributed by atoms with Crippen molar-refractivity contribution in [3.8, 4) is 6.07 Å². The molecule has 0 aliphatic rings. The van der Waals surface area contributed by atoms with Crippen LogP contribution < -0.4 is 5.32 Å². The van der Waals surface area contributed by atoms with E-state index in [4.69, 9.17) is 5.26 Å². The lowest BCUT2D eigenvalue weighted by Gasteiger charge is -2.14. The van der Waals surface area contributed by atoms with Crippen LogP contribution in [-0.4, -0.2) is 12.3 Å². The van der Waals surface area contributed by atoms with E-state index in [0.29, 0.717) is 0 Å². The predicted octanol–water partition coefficient (Wildman–Crippen LogP) is 4.61. The molecule has 1 aromatic rings. The minimum absolute atomic E-state index is 0.168. The Hall–Kier alpha value is -0.980. The van der Waals surface area contributed by atoms with Crippen molar-refractivity contribution >= 4 is 11.8 Å². The topological polar surface area (TPSA) is 35.8 Å². The van der Waals surface area contributed by atoms with Gasteiger partial charge in [-0.3, -0.25) is 0 Å². The molecular weight excluding hydrogens is 264 g/mol.